The number of hydrogen-bond acceptors (Lipinski definition) is 4. The van der Waals surface area contributed by atoms with Crippen molar-refractivity contribution in [3.8, 4) is 0 Å². The van der Waals surface area contributed by atoms with E-state index < -0.39 is 0 Å². The second-order valence-corrected chi connectivity index (χ2v) is 3.50. The Hall–Kier alpha value is -1.91. The summed E-state index contributed by atoms with van der Waals surface area (Å²) in [4.78, 5) is 4.26. The molecule has 5 heteroatoms. The highest BCUT2D eigenvalue weighted by Crippen LogP contribution is 2.11. The van der Waals surface area contributed by atoms with Crippen LogP contribution in [-0.4, -0.2) is 26.1 Å². The summed E-state index contributed by atoms with van der Waals surface area (Å²) in [5.74, 6) is 1.65. The minimum atomic E-state index is 0.778. The number of allylic oxidation sites excluding steroid dienone is 1. The summed E-state index contributed by atoms with van der Waals surface area (Å²) >= 11 is 0. The maximum absolute atomic E-state index is 4.26. The van der Waals surface area contributed by atoms with Crippen LogP contribution >= 0.6 is 0 Å². The van der Waals surface area contributed by atoms with Crippen LogP contribution in [0.4, 0.5) is 5.82 Å². The van der Waals surface area contributed by atoms with E-state index in [1.807, 2.05) is 30.5 Å². The average molecular weight is 217 g/mol. The molecular formula is C11H15N5. The van der Waals surface area contributed by atoms with Gasteiger partial charge in [0.1, 0.15) is 5.82 Å². The summed E-state index contributed by atoms with van der Waals surface area (Å²) in [6.45, 7) is 4.79. The molecule has 2 aromatic rings. The lowest BCUT2D eigenvalue weighted by Gasteiger charge is -2.04. The summed E-state index contributed by atoms with van der Waals surface area (Å²) in [5.41, 5.74) is 0.778. The van der Waals surface area contributed by atoms with Crippen LogP contribution in [0.1, 0.15) is 19.2 Å². The van der Waals surface area contributed by atoms with Crippen LogP contribution in [0.15, 0.2) is 24.5 Å². The normalized spacial score (nSPS) is 11.4. The van der Waals surface area contributed by atoms with Gasteiger partial charge in [-0.1, -0.05) is 12.2 Å². The van der Waals surface area contributed by atoms with Crippen LogP contribution in [0, 0.1) is 6.92 Å². The van der Waals surface area contributed by atoms with E-state index in [2.05, 4.69) is 26.6 Å². The zero-order chi connectivity index (χ0) is 11.4. The Morgan fingerprint density at radius 2 is 2.31 bits per heavy atom. The second-order valence-electron chi connectivity index (χ2n) is 3.50. The number of hydrogen-bond donors (Lipinski definition) is 1. The molecule has 0 fully saturated rings. The lowest BCUT2D eigenvalue weighted by molar-refractivity contribution is 0.997. The Bertz CT molecular complexity index is 500. The molecule has 0 aliphatic carbocycles. The van der Waals surface area contributed by atoms with Gasteiger partial charge in [0, 0.05) is 18.9 Å². The first-order chi connectivity index (χ1) is 7.83. The molecule has 2 aromatic heterocycles. The van der Waals surface area contributed by atoms with Crippen molar-refractivity contribution in [1.82, 2.24) is 19.6 Å². The van der Waals surface area contributed by atoms with Crippen LogP contribution in [0.5, 0.6) is 0 Å². The Morgan fingerprint density at radius 1 is 1.44 bits per heavy atom. The first kappa shape index (κ1) is 10.6. The summed E-state index contributed by atoms with van der Waals surface area (Å²) in [6, 6.07) is 0. The SMILES string of the molecule is C/C=C/CCNc1nccn2c(C)nnc12. The molecule has 0 saturated carbocycles. The fourth-order valence-electron chi connectivity index (χ4n) is 1.51. The topological polar surface area (TPSA) is 55.1 Å². The third-order valence-electron chi connectivity index (χ3n) is 2.34. The van der Waals surface area contributed by atoms with Crippen LogP contribution in [0.25, 0.3) is 5.65 Å². The number of nitrogens with zero attached hydrogens (tertiary/aromatic N) is 4. The number of anilines is 1. The van der Waals surface area contributed by atoms with E-state index in [0.29, 0.717) is 0 Å². The fraction of sp³-hybridized carbons (Fsp3) is 0.364. The van der Waals surface area contributed by atoms with Crippen LogP contribution < -0.4 is 5.32 Å². The van der Waals surface area contributed by atoms with Crippen molar-refractivity contribution >= 4 is 11.5 Å². The second kappa shape index (κ2) is 4.74. The van der Waals surface area contributed by atoms with E-state index in [0.717, 1.165) is 30.3 Å². The molecule has 0 radical (unpaired) electrons. The molecule has 2 heterocycles. The van der Waals surface area contributed by atoms with Crippen molar-refractivity contribution in [1.29, 1.82) is 0 Å². The van der Waals surface area contributed by atoms with Gasteiger partial charge in [0.2, 0.25) is 5.65 Å². The molecule has 5 nitrogen and oxygen atoms in total. The molecule has 0 bridgehead atoms. The Kier molecular flexibility index (Phi) is 3.14. The molecule has 0 aliphatic rings. The highest BCUT2D eigenvalue weighted by Gasteiger charge is 2.05. The zero-order valence-electron chi connectivity index (χ0n) is 9.51. The number of aromatic nitrogens is 4. The summed E-state index contributed by atoms with van der Waals surface area (Å²) in [5, 5.41) is 11.4. The van der Waals surface area contributed by atoms with Crippen LogP contribution in [-0.2, 0) is 0 Å². The first-order valence-electron chi connectivity index (χ1n) is 5.34. The predicted octanol–water partition coefficient (Wildman–Crippen LogP) is 1.81. The van der Waals surface area contributed by atoms with Gasteiger partial charge < -0.3 is 5.32 Å². The minimum Gasteiger partial charge on any atom is -0.367 e. The lowest BCUT2D eigenvalue weighted by Crippen LogP contribution is -2.04. The van der Waals surface area contributed by atoms with Gasteiger partial charge in [-0.2, -0.15) is 0 Å². The molecular weight excluding hydrogens is 202 g/mol. The third kappa shape index (κ3) is 2.03. The van der Waals surface area contributed by atoms with Gasteiger partial charge in [-0.05, 0) is 20.3 Å². The number of fused-ring (bicyclic) bond motifs is 1. The predicted molar refractivity (Wildman–Crippen MR) is 63.4 cm³/mol. The van der Waals surface area contributed by atoms with Crippen molar-refractivity contribution in [2.24, 2.45) is 0 Å². The van der Waals surface area contributed by atoms with Crippen molar-refractivity contribution < 1.29 is 0 Å². The van der Waals surface area contributed by atoms with E-state index in [9.17, 15) is 0 Å². The smallest absolute Gasteiger partial charge is 0.203 e. The monoisotopic (exact) mass is 217 g/mol. The number of rotatable bonds is 4. The Labute approximate surface area is 94.2 Å². The van der Waals surface area contributed by atoms with E-state index >= 15 is 0 Å². The largest absolute Gasteiger partial charge is 0.367 e. The average Bonchev–Trinajstić information content (AvgIpc) is 2.68. The van der Waals surface area contributed by atoms with Gasteiger partial charge in [-0.3, -0.25) is 4.40 Å². The van der Waals surface area contributed by atoms with Crippen LogP contribution in [0.3, 0.4) is 0 Å². The highest BCUT2D eigenvalue weighted by molar-refractivity contribution is 5.61. The lowest BCUT2D eigenvalue weighted by atomic mass is 10.4. The molecule has 0 atom stereocenters. The van der Waals surface area contributed by atoms with Crippen molar-refractivity contribution in [3.63, 3.8) is 0 Å². The molecule has 1 N–H and O–H groups in total. The minimum absolute atomic E-state index is 0.778. The summed E-state index contributed by atoms with van der Waals surface area (Å²) in [7, 11) is 0. The summed E-state index contributed by atoms with van der Waals surface area (Å²) < 4.78 is 1.92. The molecule has 0 aromatic carbocycles. The van der Waals surface area contributed by atoms with Gasteiger partial charge in [0.05, 0.1) is 0 Å². The zero-order valence-corrected chi connectivity index (χ0v) is 9.51. The molecule has 16 heavy (non-hydrogen) atoms. The fourth-order valence-corrected chi connectivity index (χ4v) is 1.51. The molecule has 0 spiro atoms. The van der Waals surface area contributed by atoms with E-state index in [4.69, 9.17) is 0 Å². The molecule has 84 valence electrons. The van der Waals surface area contributed by atoms with Gasteiger partial charge in [0.25, 0.3) is 0 Å². The maximum Gasteiger partial charge on any atom is 0.203 e. The van der Waals surface area contributed by atoms with E-state index in [1.165, 1.54) is 0 Å². The van der Waals surface area contributed by atoms with Gasteiger partial charge in [-0.25, -0.2) is 4.98 Å². The van der Waals surface area contributed by atoms with Gasteiger partial charge >= 0.3 is 0 Å². The number of nitrogens with one attached hydrogen (secondary N) is 1. The highest BCUT2D eigenvalue weighted by atomic mass is 15.3. The van der Waals surface area contributed by atoms with E-state index in [-0.39, 0.29) is 0 Å². The first-order valence-corrected chi connectivity index (χ1v) is 5.34. The Balaban J connectivity index is 2.17. The number of aryl methyl sites for hydroxylation is 1. The molecule has 0 amide bonds. The van der Waals surface area contributed by atoms with Crippen LogP contribution in [0.2, 0.25) is 0 Å². The maximum atomic E-state index is 4.26. The molecule has 0 saturated heterocycles. The third-order valence-corrected chi connectivity index (χ3v) is 2.34. The van der Waals surface area contributed by atoms with E-state index in [1.54, 1.807) is 6.20 Å². The Morgan fingerprint density at radius 3 is 3.12 bits per heavy atom. The molecule has 0 unspecified atom stereocenters. The quantitative estimate of drug-likeness (QED) is 0.627. The van der Waals surface area contributed by atoms with Gasteiger partial charge in [0.15, 0.2) is 5.82 Å². The standard InChI is InChI=1S/C11H15N5/c1-3-4-5-6-12-10-11-15-14-9(2)16(11)8-7-13-10/h3-4,7-8H,5-6H2,1-2H3,(H,12,13)/b4-3+. The van der Waals surface area contributed by atoms with Gasteiger partial charge in [-0.15, -0.1) is 10.2 Å². The van der Waals surface area contributed by atoms with Crippen molar-refractivity contribution in [2.75, 3.05) is 11.9 Å². The summed E-state index contributed by atoms with van der Waals surface area (Å²) in [6.07, 6.45) is 8.74. The van der Waals surface area contributed by atoms with Crippen molar-refractivity contribution in [2.45, 2.75) is 20.3 Å². The molecule has 0 aliphatic heterocycles. The van der Waals surface area contributed by atoms with Crippen molar-refractivity contribution in [3.05, 3.63) is 30.4 Å². The molecule has 2 rings (SSSR count).